The molecule has 1 amide bonds. The van der Waals surface area contributed by atoms with Gasteiger partial charge < -0.3 is 5.32 Å². The first-order valence-electron chi connectivity index (χ1n) is 4.41. The van der Waals surface area contributed by atoms with E-state index in [4.69, 9.17) is 0 Å². The molecule has 0 radical (unpaired) electrons. The van der Waals surface area contributed by atoms with Crippen molar-refractivity contribution in [1.82, 2.24) is 10.3 Å². The standard InChI is InChI=1S/C9H12N2OS/c1-5-6(2)13-9(10-5)8(12)11-7-3-4-7/h7H,3-4H2,1-2H3,(H,11,12). The summed E-state index contributed by atoms with van der Waals surface area (Å²) >= 11 is 1.47. The minimum absolute atomic E-state index is 0.0105. The van der Waals surface area contributed by atoms with E-state index in [1.807, 2.05) is 13.8 Å². The minimum Gasteiger partial charge on any atom is -0.347 e. The molecule has 1 aromatic heterocycles. The fourth-order valence-electron chi connectivity index (χ4n) is 1.04. The van der Waals surface area contributed by atoms with Crippen molar-refractivity contribution in [3.8, 4) is 0 Å². The second-order valence-corrected chi connectivity index (χ2v) is 4.61. The molecule has 0 spiro atoms. The third-order valence-corrected chi connectivity index (χ3v) is 3.21. The van der Waals surface area contributed by atoms with Crippen molar-refractivity contribution < 1.29 is 4.79 Å². The highest BCUT2D eigenvalue weighted by Gasteiger charge is 2.25. The average Bonchev–Trinajstić information content (AvgIpc) is 2.81. The van der Waals surface area contributed by atoms with Crippen molar-refractivity contribution >= 4 is 17.2 Å². The molecule has 1 saturated carbocycles. The Morgan fingerprint density at radius 1 is 1.54 bits per heavy atom. The first-order chi connectivity index (χ1) is 6.16. The van der Waals surface area contributed by atoms with Crippen molar-refractivity contribution in [2.75, 3.05) is 0 Å². The minimum atomic E-state index is -0.0105. The number of carbonyl (C=O) groups excluding carboxylic acids is 1. The van der Waals surface area contributed by atoms with E-state index in [9.17, 15) is 4.79 Å². The van der Waals surface area contributed by atoms with E-state index in [-0.39, 0.29) is 5.91 Å². The van der Waals surface area contributed by atoms with Crippen LogP contribution in [0.1, 0.15) is 33.2 Å². The summed E-state index contributed by atoms with van der Waals surface area (Å²) in [6.45, 7) is 3.92. The Balaban J connectivity index is 2.09. The number of aryl methyl sites for hydroxylation is 2. The van der Waals surface area contributed by atoms with Crippen LogP contribution in [0.25, 0.3) is 0 Å². The molecular weight excluding hydrogens is 184 g/mol. The molecule has 2 rings (SSSR count). The van der Waals surface area contributed by atoms with E-state index < -0.39 is 0 Å². The van der Waals surface area contributed by atoms with Crippen LogP contribution < -0.4 is 5.32 Å². The summed E-state index contributed by atoms with van der Waals surface area (Å²) in [6, 6.07) is 0.414. The fourth-order valence-corrected chi connectivity index (χ4v) is 1.86. The Morgan fingerprint density at radius 3 is 2.69 bits per heavy atom. The molecule has 1 heterocycles. The van der Waals surface area contributed by atoms with Gasteiger partial charge in [0.15, 0.2) is 5.01 Å². The van der Waals surface area contributed by atoms with E-state index in [2.05, 4.69) is 10.3 Å². The van der Waals surface area contributed by atoms with Gasteiger partial charge in [0.2, 0.25) is 0 Å². The molecule has 3 nitrogen and oxygen atoms in total. The van der Waals surface area contributed by atoms with Crippen molar-refractivity contribution in [1.29, 1.82) is 0 Å². The summed E-state index contributed by atoms with van der Waals surface area (Å²) in [5.74, 6) is -0.0105. The summed E-state index contributed by atoms with van der Waals surface area (Å²) in [5.41, 5.74) is 0.964. The van der Waals surface area contributed by atoms with Crippen LogP contribution in [0.5, 0.6) is 0 Å². The molecule has 0 aliphatic heterocycles. The largest absolute Gasteiger partial charge is 0.347 e. The predicted molar refractivity (Wildman–Crippen MR) is 52.1 cm³/mol. The lowest BCUT2D eigenvalue weighted by Crippen LogP contribution is -2.25. The number of hydrogen-bond donors (Lipinski definition) is 1. The van der Waals surface area contributed by atoms with Crippen LogP contribution in [0.3, 0.4) is 0 Å². The Bertz CT molecular complexity index is 322. The molecule has 0 bridgehead atoms. The van der Waals surface area contributed by atoms with E-state index in [0.717, 1.165) is 23.4 Å². The van der Waals surface area contributed by atoms with E-state index in [0.29, 0.717) is 11.0 Å². The van der Waals surface area contributed by atoms with Crippen molar-refractivity contribution in [2.24, 2.45) is 0 Å². The summed E-state index contributed by atoms with van der Waals surface area (Å²) in [7, 11) is 0. The van der Waals surface area contributed by atoms with Crippen LogP contribution in [-0.2, 0) is 0 Å². The van der Waals surface area contributed by atoms with Crippen LogP contribution in [0.15, 0.2) is 0 Å². The molecular formula is C9H12N2OS. The first-order valence-corrected chi connectivity index (χ1v) is 5.23. The van der Waals surface area contributed by atoms with Gasteiger partial charge >= 0.3 is 0 Å². The first kappa shape index (κ1) is 8.69. The maximum absolute atomic E-state index is 11.5. The van der Waals surface area contributed by atoms with Gasteiger partial charge in [-0.15, -0.1) is 11.3 Å². The van der Waals surface area contributed by atoms with Gasteiger partial charge in [0.05, 0.1) is 5.69 Å². The highest BCUT2D eigenvalue weighted by Crippen LogP contribution is 2.21. The second-order valence-electron chi connectivity index (χ2n) is 3.41. The number of amides is 1. The Kier molecular flexibility index (Phi) is 2.07. The predicted octanol–water partition coefficient (Wildman–Crippen LogP) is 1.65. The molecule has 0 unspecified atom stereocenters. The van der Waals surface area contributed by atoms with Gasteiger partial charge in [-0.3, -0.25) is 4.79 Å². The number of nitrogens with zero attached hydrogens (tertiary/aromatic N) is 1. The molecule has 1 aromatic rings. The zero-order valence-corrected chi connectivity index (χ0v) is 8.57. The lowest BCUT2D eigenvalue weighted by atomic mass is 10.4. The summed E-state index contributed by atoms with van der Waals surface area (Å²) in [4.78, 5) is 16.8. The number of nitrogens with one attached hydrogen (secondary N) is 1. The summed E-state index contributed by atoms with van der Waals surface area (Å²) in [5, 5.41) is 3.52. The van der Waals surface area contributed by atoms with Crippen LogP contribution in [0.2, 0.25) is 0 Å². The summed E-state index contributed by atoms with van der Waals surface area (Å²) in [6.07, 6.45) is 2.24. The maximum Gasteiger partial charge on any atom is 0.280 e. The number of hydrogen-bond acceptors (Lipinski definition) is 3. The average molecular weight is 196 g/mol. The fraction of sp³-hybridized carbons (Fsp3) is 0.556. The van der Waals surface area contributed by atoms with Crippen LogP contribution in [0, 0.1) is 13.8 Å². The van der Waals surface area contributed by atoms with E-state index >= 15 is 0 Å². The summed E-state index contributed by atoms with van der Waals surface area (Å²) < 4.78 is 0. The molecule has 1 aliphatic rings. The Hall–Kier alpha value is -0.900. The van der Waals surface area contributed by atoms with Crippen molar-refractivity contribution in [2.45, 2.75) is 32.7 Å². The van der Waals surface area contributed by atoms with Crippen molar-refractivity contribution in [3.05, 3.63) is 15.6 Å². The molecule has 4 heteroatoms. The topological polar surface area (TPSA) is 42.0 Å². The molecule has 70 valence electrons. The van der Waals surface area contributed by atoms with Gasteiger partial charge in [-0.1, -0.05) is 0 Å². The van der Waals surface area contributed by atoms with Gasteiger partial charge in [-0.2, -0.15) is 0 Å². The SMILES string of the molecule is Cc1nc(C(=O)NC2CC2)sc1C. The number of carbonyl (C=O) groups is 1. The Labute approximate surface area is 81.2 Å². The quantitative estimate of drug-likeness (QED) is 0.781. The molecule has 13 heavy (non-hydrogen) atoms. The van der Waals surface area contributed by atoms with Gasteiger partial charge in [0.25, 0.3) is 5.91 Å². The highest BCUT2D eigenvalue weighted by atomic mass is 32.1. The lowest BCUT2D eigenvalue weighted by molar-refractivity contribution is 0.0950. The molecule has 0 saturated heterocycles. The third-order valence-electron chi connectivity index (χ3n) is 2.14. The van der Waals surface area contributed by atoms with E-state index in [1.54, 1.807) is 0 Å². The normalized spacial score (nSPS) is 15.8. The van der Waals surface area contributed by atoms with Crippen LogP contribution in [-0.4, -0.2) is 16.9 Å². The maximum atomic E-state index is 11.5. The van der Waals surface area contributed by atoms with Gasteiger partial charge in [-0.25, -0.2) is 4.98 Å². The molecule has 1 fully saturated rings. The third kappa shape index (κ3) is 1.88. The highest BCUT2D eigenvalue weighted by molar-refractivity contribution is 7.13. The molecule has 0 atom stereocenters. The molecule has 1 aliphatic carbocycles. The number of rotatable bonds is 2. The number of thiazole rings is 1. The Morgan fingerprint density at radius 2 is 2.23 bits per heavy atom. The zero-order valence-electron chi connectivity index (χ0n) is 7.76. The van der Waals surface area contributed by atoms with Gasteiger partial charge in [0.1, 0.15) is 0 Å². The van der Waals surface area contributed by atoms with Gasteiger partial charge in [-0.05, 0) is 26.7 Å². The van der Waals surface area contributed by atoms with Crippen LogP contribution >= 0.6 is 11.3 Å². The van der Waals surface area contributed by atoms with Gasteiger partial charge in [0, 0.05) is 10.9 Å². The molecule has 0 aromatic carbocycles. The smallest absolute Gasteiger partial charge is 0.280 e. The zero-order chi connectivity index (χ0) is 9.42. The molecule has 1 N–H and O–H groups in total. The van der Waals surface area contributed by atoms with Crippen molar-refractivity contribution in [3.63, 3.8) is 0 Å². The second kappa shape index (κ2) is 3.10. The van der Waals surface area contributed by atoms with E-state index in [1.165, 1.54) is 11.3 Å². The van der Waals surface area contributed by atoms with Crippen LogP contribution in [0.4, 0.5) is 0 Å². The number of aromatic nitrogens is 1. The lowest BCUT2D eigenvalue weighted by Gasteiger charge is -1.97. The monoisotopic (exact) mass is 196 g/mol.